The highest BCUT2D eigenvalue weighted by Crippen LogP contribution is 2.23. The van der Waals surface area contributed by atoms with E-state index in [9.17, 15) is 9.18 Å². The van der Waals surface area contributed by atoms with E-state index < -0.39 is 0 Å². The third-order valence-electron chi connectivity index (χ3n) is 4.46. The second-order valence-electron chi connectivity index (χ2n) is 6.35. The Balaban J connectivity index is 1.61. The van der Waals surface area contributed by atoms with Crippen molar-refractivity contribution in [1.82, 2.24) is 10.2 Å². The summed E-state index contributed by atoms with van der Waals surface area (Å²) in [6.07, 6.45) is 5.20. The fraction of sp³-hybridized carbons (Fsp3) is 0.588. The molecular formula is C17H23FN2O. The standard InChI is InChI=1S/C17H23FN2O/c1-12(11-13-4-6-14(18)7-5-13)20-10-2-3-16(17(20)21)19-15-8-9-15/h4-7,12,15-16,19H,2-3,8-11H2,1H3. The van der Waals surface area contributed by atoms with Crippen LogP contribution in [0.3, 0.4) is 0 Å². The van der Waals surface area contributed by atoms with Gasteiger partial charge in [-0.15, -0.1) is 0 Å². The largest absolute Gasteiger partial charge is 0.338 e. The van der Waals surface area contributed by atoms with Gasteiger partial charge in [0.2, 0.25) is 5.91 Å². The Hall–Kier alpha value is -1.42. The molecule has 1 aromatic rings. The first-order chi connectivity index (χ1) is 10.1. The van der Waals surface area contributed by atoms with Gasteiger partial charge in [0.15, 0.2) is 0 Å². The maximum atomic E-state index is 12.9. The zero-order chi connectivity index (χ0) is 14.8. The molecule has 0 spiro atoms. The van der Waals surface area contributed by atoms with E-state index in [1.54, 1.807) is 12.1 Å². The molecule has 21 heavy (non-hydrogen) atoms. The summed E-state index contributed by atoms with van der Waals surface area (Å²) in [6, 6.07) is 7.30. The van der Waals surface area contributed by atoms with Crippen LogP contribution in [0.2, 0.25) is 0 Å². The number of nitrogens with one attached hydrogen (secondary N) is 1. The zero-order valence-corrected chi connectivity index (χ0v) is 12.5. The summed E-state index contributed by atoms with van der Waals surface area (Å²) in [6.45, 7) is 2.92. The van der Waals surface area contributed by atoms with E-state index in [1.807, 2.05) is 4.90 Å². The summed E-state index contributed by atoms with van der Waals surface area (Å²) in [7, 11) is 0. The lowest BCUT2D eigenvalue weighted by atomic mass is 9.99. The summed E-state index contributed by atoms with van der Waals surface area (Å²) >= 11 is 0. The Morgan fingerprint density at radius 2 is 2.00 bits per heavy atom. The minimum absolute atomic E-state index is 0.00178. The molecule has 1 heterocycles. The van der Waals surface area contributed by atoms with Gasteiger partial charge in [-0.2, -0.15) is 0 Å². The van der Waals surface area contributed by atoms with Crippen molar-refractivity contribution in [3.8, 4) is 0 Å². The number of rotatable bonds is 5. The van der Waals surface area contributed by atoms with Crippen LogP contribution in [0.15, 0.2) is 24.3 Å². The van der Waals surface area contributed by atoms with E-state index in [1.165, 1.54) is 25.0 Å². The lowest BCUT2D eigenvalue weighted by molar-refractivity contribution is -0.138. The van der Waals surface area contributed by atoms with Crippen LogP contribution in [0.4, 0.5) is 4.39 Å². The molecule has 1 amide bonds. The normalized spacial score (nSPS) is 24.2. The van der Waals surface area contributed by atoms with Gasteiger partial charge >= 0.3 is 0 Å². The van der Waals surface area contributed by atoms with Gasteiger partial charge in [-0.3, -0.25) is 4.79 Å². The molecule has 1 aromatic carbocycles. The Kier molecular flexibility index (Phi) is 4.24. The number of piperidine rings is 1. The highest BCUT2D eigenvalue weighted by atomic mass is 19.1. The van der Waals surface area contributed by atoms with Crippen LogP contribution in [0.5, 0.6) is 0 Å². The molecule has 2 aliphatic rings. The van der Waals surface area contributed by atoms with Crippen molar-refractivity contribution in [1.29, 1.82) is 0 Å². The van der Waals surface area contributed by atoms with Crippen LogP contribution in [-0.2, 0) is 11.2 Å². The monoisotopic (exact) mass is 290 g/mol. The lowest BCUT2D eigenvalue weighted by Crippen LogP contribution is -2.54. The summed E-state index contributed by atoms with van der Waals surface area (Å²) in [5, 5.41) is 3.46. The number of likely N-dealkylation sites (tertiary alicyclic amines) is 1. The number of halogens is 1. The van der Waals surface area contributed by atoms with Gasteiger partial charge in [0, 0.05) is 18.6 Å². The minimum atomic E-state index is -0.214. The van der Waals surface area contributed by atoms with E-state index in [2.05, 4.69) is 12.2 Å². The Morgan fingerprint density at radius 3 is 2.67 bits per heavy atom. The molecule has 0 bridgehead atoms. The summed E-state index contributed by atoms with van der Waals surface area (Å²) < 4.78 is 12.9. The van der Waals surface area contributed by atoms with Crippen molar-refractivity contribution in [3.05, 3.63) is 35.6 Å². The molecule has 1 aliphatic heterocycles. The maximum absolute atomic E-state index is 12.9. The van der Waals surface area contributed by atoms with Gasteiger partial charge < -0.3 is 10.2 Å². The minimum Gasteiger partial charge on any atom is -0.338 e. The van der Waals surface area contributed by atoms with Gasteiger partial charge in [0.1, 0.15) is 5.82 Å². The summed E-state index contributed by atoms with van der Waals surface area (Å²) in [5.41, 5.74) is 1.08. The van der Waals surface area contributed by atoms with Crippen LogP contribution < -0.4 is 5.32 Å². The van der Waals surface area contributed by atoms with E-state index in [-0.39, 0.29) is 23.8 Å². The molecule has 2 fully saturated rings. The van der Waals surface area contributed by atoms with Gasteiger partial charge in [-0.25, -0.2) is 4.39 Å². The SMILES string of the molecule is CC(Cc1ccc(F)cc1)N1CCCC(NC2CC2)C1=O. The number of carbonyl (C=O) groups excluding carboxylic acids is 1. The van der Waals surface area contributed by atoms with Crippen LogP contribution in [0.1, 0.15) is 38.2 Å². The molecular weight excluding hydrogens is 267 g/mol. The predicted molar refractivity (Wildman–Crippen MR) is 80.5 cm³/mol. The first kappa shape index (κ1) is 14.5. The van der Waals surface area contributed by atoms with Crippen LogP contribution >= 0.6 is 0 Å². The van der Waals surface area contributed by atoms with Crippen molar-refractivity contribution >= 4 is 5.91 Å². The average Bonchev–Trinajstić information content (AvgIpc) is 3.27. The smallest absolute Gasteiger partial charge is 0.239 e. The molecule has 2 atom stereocenters. The molecule has 3 rings (SSSR count). The lowest BCUT2D eigenvalue weighted by Gasteiger charge is -2.37. The number of amides is 1. The van der Waals surface area contributed by atoms with Gasteiger partial charge in [-0.1, -0.05) is 12.1 Å². The van der Waals surface area contributed by atoms with E-state index in [0.717, 1.165) is 31.4 Å². The molecule has 2 unspecified atom stereocenters. The Morgan fingerprint density at radius 1 is 1.29 bits per heavy atom. The number of carbonyl (C=O) groups is 1. The molecule has 1 N–H and O–H groups in total. The molecule has 0 radical (unpaired) electrons. The molecule has 3 nitrogen and oxygen atoms in total. The second-order valence-corrected chi connectivity index (χ2v) is 6.35. The van der Waals surface area contributed by atoms with Crippen LogP contribution in [0.25, 0.3) is 0 Å². The zero-order valence-electron chi connectivity index (χ0n) is 12.5. The quantitative estimate of drug-likeness (QED) is 0.903. The van der Waals surface area contributed by atoms with Crippen molar-refractivity contribution in [2.24, 2.45) is 0 Å². The number of hydrogen-bond acceptors (Lipinski definition) is 2. The highest BCUT2D eigenvalue weighted by Gasteiger charge is 2.34. The molecule has 4 heteroatoms. The van der Waals surface area contributed by atoms with E-state index in [4.69, 9.17) is 0 Å². The van der Waals surface area contributed by atoms with Gasteiger partial charge in [0.05, 0.1) is 6.04 Å². The first-order valence-electron chi connectivity index (χ1n) is 7.94. The topological polar surface area (TPSA) is 32.3 Å². The molecule has 114 valence electrons. The van der Waals surface area contributed by atoms with Gasteiger partial charge in [0.25, 0.3) is 0 Å². The number of benzene rings is 1. The second kappa shape index (κ2) is 6.14. The fourth-order valence-corrected chi connectivity index (χ4v) is 3.10. The molecule has 0 aromatic heterocycles. The predicted octanol–water partition coefficient (Wildman–Crippen LogP) is 2.50. The van der Waals surface area contributed by atoms with E-state index in [0.29, 0.717) is 6.04 Å². The van der Waals surface area contributed by atoms with Crippen molar-refractivity contribution < 1.29 is 9.18 Å². The van der Waals surface area contributed by atoms with Crippen molar-refractivity contribution in [3.63, 3.8) is 0 Å². The van der Waals surface area contributed by atoms with Gasteiger partial charge in [-0.05, 0) is 56.7 Å². The van der Waals surface area contributed by atoms with Crippen molar-refractivity contribution in [2.75, 3.05) is 6.54 Å². The molecule has 1 saturated heterocycles. The first-order valence-corrected chi connectivity index (χ1v) is 7.94. The van der Waals surface area contributed by atoms with Crippen LogP contribution in [-0.4, -0.2) is 35.5 Å². The maximum Gasteiger partial charge on any atom is 0.239 e. The molecule has 1 aliphatic carbocycles. The average molecular weight is 290 g/mol. The highest BCUT2D eigenvalue weighted by molar-refractivity contribution is 5.83. The Labute approximate surface area is 125 Å². The number of nitrogens with zero attached hydrogens (tertiary/aromatic N) is 1. The fourth-order valence-electron chi connectivity index (χ4n) is 3.10. The number of hydrogen-bond donors (Lipinski definition) is 1. The summed E-state index contributed by atoms with van der Waals surface area (Å²) in [5.74, 6) is 0.0249. The third-order valence-corrected chi connectivity index (χ3v) is 4.46. The Bertz CT molecular complexity index is 498. The van der Waals surface area contributed by atoms with Crippen molar-refractivity contribution in [2.45, 2.75) is 57.2 Å². The van der Waals surface area contributed by atoms with E-state index >= 15 is 0 Å². The molecule has 1 saturated carbocycles. The third kappa shape index (κ3) is 3.62. The van der Waals surface area contributed by atoms with Crippen LogP contribution in [0, 0.1) is 5.82 Å². The summed E-state index contributed by atoms with van der Waals surface area (Å²) in [4.78, 5) is 14.6.